The average molecular weight is 207 g/mol. The normalized spacial score (nSPS) is 11.3. The van der Waals surface area contributed by atoms with Gasteiger partial charge in [0.25, 0.3) is 6.20 Å². The van der Waals surface area contributed by atoms with Crippen molar-refractivity contribution in [1.29, 1.82) is 0 Å². The Morgan fingerprint density at radius 2 is 2.00 bits per heavy atom. The van der Waals surface area contributed by atoms with Crippen LogP contribution in [-0.4, -0.2) is 4.52 Å². The highest BCUT2D eigenvalue weighted by molar-refractivity contribution is 5.30. The number of rotatable bonds is 0. The van der Waals surface area contributed by atoms with E-state index < -0.39 is 11.6 Å². The topological polar surface area (TPSA) is 12.6 Å². The SMILES string of the molecule is Fc1cc(F)c2n3ccc[n+]3cc[n+]2c1. The molecule has 0 aliphatic heterocycles. The van der Waals surface area contributed by atoms with Crippen LogP contribution in [0.15, 0.2) is 43.1 Å². The maximum absolute atomic E-state index is 13.6. The number of hydrogen-bond donors (Lipinski definition) is 0. The predicted molar refractivity (Wildman–Crippen MR) is 46.1 cm³/mol. The molecule has 3 aromatic rings. The highest BCUT2D eigenvalue weighted by Gasteiger charge is 2.19. The lowest BCUT2D eigenvalue weighted by Crippen LogP contribution is -2.37. The third-order valence-electron chi connectivity index (χ3n) is 2.30. The van der Waals surface area contributed by atoms with Crippen molar-refractivity contribution in [2.75, 3.05) is 0 Å². The molecule has 5 heteroatoms. The molecule has 0 atom stereocenters. The Bertz CT molecular complexity index is 660. The molecule has 0 fully saturated rings. The van der Waals surface area contributed by atoms with Gasteiger partial charge in [-0.2, -0.15) is 8.79 Å². The summed E-state index contributed by atoms with van der Waals surface area (Å²) in [6.07, 6.45) is 8.03. The largest absolute Gasteiger partial charge is 0.383 e. The second-order valence-electron chi connectivity index (χ2n) is 3.25. The third-order valence-corrected chi connectivity index (χ3v) is 2.30. The first-order valence-corrected chi connectivity index (χ1v) is 4.43. The minimum atomic E-state index is -0.596. The van der Waals surface area contributed by atoms with E-state index in [-0.39, 0.29) is 0 Å². The molecule has 3 nitrogen and oxygen atoms in total. The summed E-state index contributed by atoms with van der Waals surface area (Å²) in [5.41, 5.74) is 0.295. The van der Waals surface area contributed by atoms with E-state index in [4.69, 9.17) is 0 Å². The zero-order valence-corrected chi connectivity index (χ0v) is 7.64. The van der Waals surface area contributed by atoms with E-state index in [1.165, 1.54) is 10.6 Å². The lowest BCUT2D eigenvalue weighted by molar-refractivity contribution is -0.648. The van der Waals surface area contributed by atoms with Gasteiger partial charge in [-0.3, -0.25) is 0 Å². The number of aromatic nitrogens is 3. The molecule has 74 valence electrons. The molecule has 0 N–H and O–H groups in total. The van der Waals surface area contributed by atoms with Gasteiger partial charge in [0.1, 0.15) is 6.20 Å². The molecule has 0 amide bonds. The summed E-state index contributed by atoms with van der Waals surface area (Å²) in [4.78, 5) is 0. The van der Waals surface area contributed by atoms with E-state index in [0.29, 0.717) is 5.65 Å². The summed E-state index contributed by atoms with van der Waals surface area (Å²) in [6.45, 7) is 0. The van der Waals surface area contributed by atoms with E-state index in [1.807, 2.05) is 0 Å². The van der Waals surface area contributed by atoms with E-state index in [2.05, 4.69) is 0 Å². The molecule has 0 aliphatic carbocycles. The molecule has 0 aliphatic rings. The van der Waals surface area contributed by atoms with Crippen LogP contribution in [0.5, 0.6) is 0 Å². The number of nitrogens with zero attached hydrogens (tertiary/aromatic N) is 3. The summed E-state index contributed by atoms with van der Waals surface area (Å²) in [5, 5.41) is 0. The van der Waals surface area contributed by atoms with E-state index in [9.17, 15) is 8.78 Å². The van der Waals surface area contributed by atoms with Crippen molar-refractivity contribution < 1.29 is 17.7 Å². The van der Waals surface area contributed by atoms with Crippen molar-refractivity contribution in [1.82, 2.24) is 4.52 Å². The fraction of sp³-hybridized carbons (Fsp3) is 0. The van der Waals surface area contributed by atoms with E-state index in [0.717, 1.165) is 6.07 Å². The number of halogens is 2. The van der Waals surface area contributed by atoms with Gasteiger partial charge in [-0.15, -0.1) is 0 Å². The highest BCUT2D eigenvalue weighted by atomic mass is 19.1. The molecular weight excluding hydrogens is 200 g/mol. The standard InChI is InChI=1S/C10H7F2N3/c11-8-6-9(12)10-13(7-8)4-5-14-2-1-3-15(10)14/h1-7H/q+2. The lowest BCUT2D eigenvalue weighted by atomic mass is 10.4. The van der Waals surface area contributed by atoms with Crippen molar-refractivity contribution in [2.45, 2.75) is 0 Å². The van der Waals surface area contributed by atoms with Crippen LogP contribution in [-0.2, 0) is 0 Å². The smallest absolute Gasteiger partial charge is 0.203 e. The Morgan fingerprint density at radius 3 is 2.87 bits per heavy atom. The second kappa shape index (κ2) is 2.73. The van der Waals surface area contributed by atoms with Crippen molar-refractivity contribution >= 4 is 5.65 Å². The second-order valence-corrected chi connectivity index (χ2v) is 3.25. The molecule has 0 aromatic carbocycles. The summed E-state index contributed by atoms with van der Waals surface area (Å²) in [7, 11) is 0. The van der Waals surface area contributed by atoms with Crippen molar-refractivity contribution in [3.8, 4) is 0 Å². The predicted octanol–water partition coefficient (Wildman–Crippen LogP) is 0.542. The van der Waals surface area contributed by atoms with Gasteiger partial charge in [0.2, 0.25) is 12.0 Å². The number of hydrogen-bond acceptors (Lipinski definition) is 0. The Kier molecular flexibility index (Phi) is 1.50. The Hall–Kier alpha value is -2.04. The van der Waals surface area contributed by atoms with Crippen LogP contribution in [0.2, 0.25) is 0 Å². The first kappa shape index (κ1) is 8.28. The Morgan fingerprint density at radius 1 is 1.13 bits per heavy atom. The molecule has 0 bridgehead atoms. The number of pyridine rings is 1. The average Bonchev–Trinajstić information content (AvgIpc) is 2.63. The third kappa shape index (κ3) is 1.09. The summed E-state index contributed by atoms with van der Waals surface area (Å²) in [5.74, 6) is -1.19. The fourth-order valence-corrected chi connectivity index (χ4v) is 1.68. The molecule has 0 saturated heterocycles. The van der Waals surface area contributed by atoms with Gasteiger partial charge >= 0.3 is 5.65 Å². The van der Waals surface area contributed by atoms with Crippen LogP contribution in [0.4, 0.5) is 8.78 Å². The monoisotopic (exact) mass is 207 g/mol. The van der Waals surface area contributed by atoms with Gasteiger partial charge in [-0.25, -0.2) is 4.39 Å². The molecular formula is C10H7F2N3+2. The Balaban J connectivity index is 2.62. The maximum Gasteiger partial charge on any atom is 0.383 e. The molecule has 0 saturated carbocycles. The highest BCUT2D eigenvalue weighted by Crippen LogP contribution is 2.03. The van der Waals surface area contributed by atoms with Gasteiger partial charge in [-0.05, 0) is 4.52 Å². The zero-order chi connectivity index (χ0) is 10.4. The van der Waals surface area contributed by atoms with Crippen LogP contribution in [0.1, 0.15) is 0 Å². The van der Waals surface area contributed by atoms with Crippen molar-refractivity contribution in [2.24, 2.45) is 0 Å². The molecule has 15 heavy (non-hydrogen) atoms. The van der Waals surface area contributed by atoms with Gasteiger partial charge < -0.3 is 0 Å². The molecule has 3 heterocycles. The van der Waals surface area contributed by atoms with E-state index >= 15 is 0 Å². The molecule has 0 spiro atoms. The van der Waals surface area contributed by atoms with E-state index in [1.54, 1.807) is 39.9 Å². The van der Waals surface area contributed by atoms with Gasteiger partial charge in [-0.1, -0.05) is 0 Å². The minimum absolute atomic E-state index is 0.295. The lowest BCUT2D eigenvalue weighted by Gasteiger charge is -1.93. The van der Waals surface area contributed by atoms with Crippen molar-refractivity contribution in [3.05, 3.63) is 54.8 Å². The van der Waals surface area contributed by atoms with Crippen molar-refractivity contribution in [3.63, 3.8) is 0 Å². The Labute approximate surface area is 83.4 Å². The molecule has 3 rings (SSSR count). The first-order valence-electron chi connectivity index (χ1n) is 4.43. The van der Waals surface area contributed by atoms with Gasteiger partial charge in [0, 0.05) is 10.6 Å². The summed E-state index contributed by atoms with van der Waals surface area (Å²) in [6, 6.07) is 2.65. The maximum atomic E-state index is 13.6. The van der Waals surface area contributed by atoms with Crippen LogP contribution in [0, 0.1) is 11.6 Å². The first-order chi connectivity index (χ1) is 7.25. The van der Waals surface area contributed by atoms with Crippen LogP contribution < -0.4 is 8.92 Å². The van der Waals surface area contributed by atoms with Gasteiger partial charge in [0.15, 0.2) is 18.2 Å². The molecule has 3 aromatic heterocycles. The molecule has 0 unspecified atom stereocenters. The fourth-order valence-electron chi connectivity index (χ4n) is 1.68. The van der Waals surface area contributed by atoms with Crippen LogP contribution >= 0.6 is 0 Å². The summed E-state index contributed by atoms with van der Waals surface area (Å²) >= 11 is 0. The van der Waals surface area contributed by atoms with Gasteiger partial charge in [0.05, 0.1) is 6.07 Å². The van der Waals surface area contributed by atoms with Crippen LogP contribution in [0.25, 0.3) is 5.65 Å². The zero-order valence-electron chi connectivity index (χ0n) is 7.64. The minimum Gasteiger partial charge on any atom is -0.203 e. The summed E-state index contributed by atoms with van der Waals surface area (Å²) < 4.78 is 31.2. The quantitative estimate of drug-likeness (QED) is 0.477. The number of fused-ring (bicyclic) bond motifs is 3. The molecule has 0 radical (unpaired) electrons. The van der Waals surface area contributed by atoms with Crippen LogP contribution in [0.3, 0.4) is 0 Å².